The highest BCUT2D eigenvalue weighted by atomic mass is 79.9. The van der Waals surface area contributed by atoms with Crippen molar-refractivity contribution in [2.24, 2.45) is 0 Å². The quantitative estimate of drug-likeness (QED) is 0.790. The zero-order chi connectivity index (χ0) is 11.3. The van der Waals surface area contributed by atoms with Crippen LogP contribution in [0, 0.1) is 0 Å². The Balaban J connectivity index is 2.23. The van der Waals surface area contributed by atoms with E-state index in [9.17, 15) is 13.2 Å². The molecule has 1 aromatic carbocycles. The summed E-state index contributed by atoms with van der Waals surface area (Å²) in [4.78, 5) is 0. The van der Waals surface area contributed by atoms with Gasteiger partial charge in [-0.25, -0.2) is 0 Å². The third-order valence-corrected chi connectivity index (χ3v) is 1.96. The van der Waals surface area contributed by atoms with Gasteiger partial charge in [0.05, 0.1) is 6.61 Å². The fraction of sp³-hybridized carbons (Fsp3) is 0.333. The Morgan fingerprint density at radius 2 is 1.67 bits per heavy atom. The molecule has 0 unspecified atom stereocenters. The molecule has 0 bridgehead atoms. The van der Waals surface area contributed by atoms with E-state index >= 15 is 0 Å². The molecule has 2 nitrogen and oxygen atoms in total. The summed E-state index contributed by atoms with van der Waals surface area (Å²) in [7, 11) is 0. The molecule has 0 saturated carbocycles. The summed E-state index contributed by atoms with van der Waals surface area (Å²) in [5.41, 5.74) is 0. The molecule has 0 amide bonds. The lowest BCUT2D eigenvalue weighted by atomic mass is 10.3. The average Bonchev–Trinajstić information content (AvgIpc) is 2.14. The Morgan fingerprint density at radius 3 is 2.20 bits per heavy atom. The molecule has 0 heterocycles. The molecule has 84 valence electrons. The van der Waals surface area contributed by atoms with Gasteiger partial charge in [0.1, 0.15) is 12.4 Å². The van der Waals surface area contributed by atoms with Crippen LogP contribution in [-0.2, 0) is 4.74 Å². The van der Waals surface area contributed by atoms with Crippen LogP contribution in [0.2, 0.25) is 0 Å². The molecular formula is C9H8BrF3O2. The molecular weight excluding hydrogens is 277 g/mol. The summed E-state index contributed by atoms with van der Waals surface area (Å²) in [5.74, 6) is 0.504. The third kappa shape index (κ3) is 5.64. The van der Waals surface area contributed by atoms with Gasteiger partial charge in [0.15, 0.2) is 0 Å². The van der Waals surface area contributed by atoms with Gasteiger partial charge in [0.2, 0.25) is 0 Å². The van der Waals surface area contributed by atoms with Crippen molar-refractivity contribution in [1.29, 1.82) is 0 Å². The first-order chi connectivity index (χ1) is 6.97. The molecule has 0 radical (unpaired) electrons. The zero-order valence-corrected chi connectivity index (χ0v) is 9.14. The predicted octanol–water partition coefficient (Wildman–Crippen LogP) is 3.36. The van der Waals surface area contributed by atoms with Crippen molar-refractivity contribution in [3.05, 3.63) is 28.7 Å². The van der Waals surface area contributed by atoms with E-state index in [0.717, 1.165) is 4.47 Å². The molecule has 0 aliphatic rings. The van der Waals surface area contributed by atoms with Gasteiger partial charge in [-0.1, -0.05) is 15.9 Å². The van der Waals surface area contributed by atoms with Crippen LogP contribution in [0.25, 0.3) is 0 Å². The van der Waals surface area contributed by atoms with Crippen LogP contribution >= 0.6 is 15.9 Å². The number of hydrogen-bond donors (Lipinski definition) is 0. The molecule has 0 saturated heterocycles. The van der Waals surface area contributed by atoms with Crippen molar-refractivity contribution >= 4 is 15.9 Å². The topological polar surface area (TPSA) is 18.5 Å². The lowest BCUT2D eigenvalue weighted by molar-refractivity contribution is -0.325. The Morgan fingerprint density at radius 1 is 1.07 bits per heavy atom. The number of ether oxygens (including phenoxy) is 2. The van der Waals surface area contributed by atoms with Crippen molar-refractivity contribution in [3.63, 3.8) is 0 Å². The number of rotatable bonds is 4. The number of halogens is 4. The first-order valence-electron chi connectivity index (χ1n) is 4.06. The van der Waals surface area contributed by atoms with E-state index in [2.05, 4.69) is 20.7 Å². The SMILES string of the molecule is FC(F)(F)OCCOc1ccc(Br)cc1. The van der Waals surface area contributed by atoms with E-state index in [1.807, 2.05) is 0 Å². The van der Waals surface area contributed by atoms with Gasteiger partial charge in [-0.15, -0.1) is 13.2 Å². The smallest absolute Gasteiger partial charge is 0.491 e. The van der Waals surface area contributed by atoms with Crippen LogP contribution in [0.1, 0.15) is 0 Å². The van der Waals surface area contributed by atoms with Gasteiger partial charge in [-0.3, -0.25) is 4.74 Å². The minimum atomic E-state index is -4.59. The first-order valence-corrected chi connectivity index (χ1v) is 4.86. The van der Waals surface area contributed by atoms with Crippen LogP contribution in [-0.4, -0.2) is 19.6 Å². The number of alkyl halides is 3. The Hall–Kier alpha value is -0.750. The van der Waals surface area contributed by atoms with Gasteiger partial charge in [0.25, 0.3) is 0 Å². The monoisotopic (exact) mass is 284 g/mol. The molecule has 0 fully saturated rings. The maximum absolute atomic E-state index is 11.6. The lowest BCUT2D eigenvalue weighted by Crippen LogP contribution is -2.18. The van der Waals surface area contributed by atoms with Gasteiger partial charge in [0, 0.05) is 4.47 Å². The van der Waals surface area contributed by atoms with Crippen LogP contribution in [0.3, 0.4) is 0 Å². The molecule has 0 aromatic heterocycles. The summed E-state index contributed by atoms with van der Waals surface area (Å²) in [6.07, 6.45) is -4.59. The highest BCUT2D eigenvalue weighted by Gasteiger charge is 2.28. The molecule has 0 N–H and O–H groups in total. The van der Waals surface area contributed by atoms with Gasteiger partial charge >= 0.3 is 6.36 Å². The lowest BCUT2D eigenvalue weighted by Gasteiger charge is -2.08. The second-order valence-electron chi connectivity index (χ2n) is 2.60. The number of benzene rings is 1. The first kappa shape index (κ1) is 12.3. The Kier molecular flexibility index (Phi) is 4.41. The molecule has 0 aliphatic heterocycles. The summed E-state index contributed by atoms with van der Waals surface area (Å²) >= 11 is 3.22. The Bertz CT molecular complexity index is 297. The van der Waals surface area contributed by atoms with Crippen molar-refractivity contribution in [1.82, 2.24) is 0 Å². The van der Waals surface area contributed by atoms with E-state index in [-0.39, 0.29) is 6.61 Å². The predicted molar refractivity (Wildman–Crippen MR) is 51.6 cm³/mol. The summed E-state index contributed by atoms with van der Waals surface area (Å²) in [6, 6.07) is 6.77. The van der Waals surface area contributed by atoms with Crippen LogP contribution in [0.5, 0.6) is 5.75 Å². The van der Waals surface area contributed by atoms with Gasteiger partial charge < -0.3 is 4.74 Å². The summed E-state index contributed by atoms with van der Waals surface area (Å²) < 4.78 is 44.1. The third-order valence-electron chi connectivity index (χ3n) is 1.43. The second kappa shape index (κ2) is 5.37. The highest BCUT2D eigenvalue weighted by Crippen LogP contribution is 2.17. The van der Waals surface area contributed by atoms with Crippen molar-refractivity contribution in [2.75, 3.05) is 13.2 Å². The van der Waals surface area contributed by atoms with E-state index in [4.69, 9.17) is 4.74 Å². The fourth-order valence-corrected chi connectivity index (χ4v) is 1.11. The van der Waals surface area contributed by atoms with Crippen LogP contribution < -0.4 is 4.74 Å². The maximum atomic E-state index is 11.6. The van der Waals surface area contributed by atoms with E-state index in [0.29, 0.717) is 5.75 Å². The molecule has 15 heavy (non-hydrogen) atoms. The largest absolute Gasteiger partial charge is 0.522 e. The van der Waals surface area contributed by atoms with E-state index < -0.39 is 13.0 Å². The average molecular weight is 285 g/mol. The van der Waals surface area contributed by atoms with E-state index in [1.54, 1.807) is 24.3 Å². The second-order valence-corrected chi connectivity index (χ2v) is 3.51. The Labute approximate surface area is 93.1 Å². The van der Waals surface area contributed by atoms with E-state index in [1.165, 1.54) is 0 Å². The summed E-state index contributed by atoms with van der Waals surface area (Å²) in [6.45, 7) is -0.652. The molecule has 6 heteroatoms. The maximum Gasteiger partial charge on any atom is 0.522 e. The van der Waals surface area contributed by atoms with Gasteiger partial charge in [-0.2, -0.15) is 0 Å². The van der Waals surface area contributed by atoms with Crippen LogP contribution in [0.4, 0.5) is 13.2 Å². The van der Waals surface area contributed by atoms with Crippen molar-refractivity contribution in [3.8, 4) is 5.75 Å². The molecule has 0 atom stereocenters. The molecule has 0 spiro atoms. The summed E-state index contributed by atoms with van der Waals surface area (Å²) in [5, 5.41) is 0. The van der Waals surface area contributed by atoms with Gasteiger partial charge in [-0.05, 0) is 24.3 Å². The minimum absolute atomic E-state index is 0.138. The highest BCUT2D eigenvalue weighted by molar-refractivity contribution is 9.10. The molecule has 0 aliphatic carbocycles. The van der Waals surface area contributed by atoms with Crippen LogP contribution in [0.15, 0.2) is 28.7 Å². The normalized spacial score (nSPS) is 11.5. The number of hydrogen-bond acceptors (Lipinski definition) is 2. The minimum Gasteiger partial charge on any atom is -0.491 e. The fourth-order valence-electron chi connectivity index (χ4n) is 0.848. The zero-order valence-electron chi connectivity index (χ0n) is 7.55. The molecule has 1 aromatic rings. The van der Waals surface area contributed by atoms with Crippen molar-refractivity contribution < 1.29 is 22.6 Å². The van der Waals surface area contributed by atoms with Crippen molar-refractivity contribution in [2.45, 2.75) is 6.36 Å². The standard InChI is InChI=1S/C9H8BrF3O2/c10-7-1-3-8(4-2-7)14-5-6-15-9(11,12)13/h1-4H,5-6H2. The molecule has 1 rings (SSSR count).